The Kier molecular flexibility index (Phi) is 6.72. The van der Waals surface area contributed by atoms with E-state index in [1.54, 1.807) is 18.3 Å². The van der Waals surface area contributed by atoms with Crippen molar-refractivity contribution < 1.29 is 17.6 Å². The number of benzene rings is 2. The first-order chi connectivity index (χ1) is 14.0. The Morgan fingerprint density at radius 1 is 1.00 bits per heavy atom. The van der Waals surface area contributed by atoms with Gasteiger partial charge in [0.05, 0.1) is 4.90 Å². The minimum atomic E-state index is -3.86. The maximum atomic E-state index is 13.2. The number of sulfone groups is 1. The molecular formula is C22H21FN2O3S. The largest absolute Gasteiger partial charge is 0.354 e. The van der Waals surface area contributed by atoms with Crippen molar-refractivity contribution in [1.29, 1.82) is 0 Å². The van der Waals surface area contributed by atoms with Crippen LogP contribution in [0.25, 0.3) is 0 Å². The van der Waals surface area contributed by atoms with E-state index in [4.69, 9.17) is 0 Å². The zero-order chi connectivity index (χ0) is 20.7. The van der Waals surface area contributed by atoms with Crippen LogP contribution in [-0.2, 0) is 21.1 Å². The van der Waals surface area contributed by atoms with Gasteiger partial charge in [0.2, 0.25) is 5.91 Å². The van der Waals surface area contributed by atoms with E-state index in [1.165, 1.54) is 18.3 Å². The smallest absolute Gasteiger partial charge is 0.220 e. The number of aryl methyl sites for hydroxylation is 1. The SMILES string of the molecule is O=C(CCc1ccccc1)NC[C@@H](c1cccnc1)S(=O)(=O)c1ccc(F)cc1. The normalized spacial score (nSPS) is 12.3. The summed E-state index contributed by atoms with van der Waals surface area (Å²) in [7, 11) is -3.86. The molecule has 150 valence electrons. The second-order valence-electron chi connectivity index (χ2n) is 6.56. The Bertz CT molecular complexity index is 1040. The second-order valence-corrected chi connectivity index (χ2v) is 8.69. The summed E-state index contributed by atoms with van der Waals surface area (Å²) >= 11 is 0. The number of halogens is 1. The molecule has 5 nitrogen and oxygen atoms in total. The van der Waals surface area contributed by atoms with Gasteiger partial charge in [-0.25, -0.2) is 12.8 Å². The number of nitrogens with zero attached hydrogens (tertiary/aromatic N) is 1. The minimum Gasteiger partial charge on any atom is -0.354 e. The zero-order valence-electron chi connectivity index (χ0n) is 15.7. The molecule has 3 aromatic rings. The van der Waals surface area contributed by atoms with E-state index in [0.717, 1.165) is 17.7 Å². The molecule has 0 radical (unpaired) electrons. The van der Waals surface area contributed by atoms with Crippen molar-refractivity contribution in [2.45, 2.75) is 23.0 Å². The van der Waals surface area contributed by atoms with Crippen LogP contribution in [0.1, 0.15) is 22.8 Å². The quantitative estimate of drug-likeness (QED) is 0.575. The van der Waals surface area contributed by atoms with E-state index >= 15 is 0 Å². The fourth-order valence-corrected chi connectivity index (χ4v) is 4.60. The summed E-state index contributed by atoms with van der Waals surface area (Å²) in [6.45, 7) is -0.0982. The lowest BCUT2D eigenvalue weighted by Crippen LogP contribution is -2.32. The molecule has 0 spiro atoms. The Morgan fingerprint density at radius 2 is 1.72 bits per heavy atom. The second kappa shape index (κ2) is 9.43. The highest BCUT2D eigenvalue weighted by molar-refractivity contribution is 7.91. The van der Waals surface area contributed by atoms with Crippen molar-refractivity contribution >= 4 is 15.7 Å². The molecule has 1 heterocycles. The van der Waals surface area contributed by atoms with Crippen molar-refractivity contribution in [3.05, 3.63) is 96.1 Å². The van der Waals surface area contributed by atoms with Gasteiger partial charge in [-0.05, 0) is 47.9 Å². The molecule has 1 atom stereocenters. The topological polar surface area (TPSA) is 76.1 Å². The van der Waals surface area contributed by atoms with E-state index in [2.05, 4.69) is 10.3 Å². The van der Waals surface area contributed by atoms with Crippen LogP contribution >= 0.6 is 0 Å². The van der Waals surface area contributed by atoms with Gasteiger partial charge in [-0.2, -0.15) is 0 Å². The van der Waals surface area contributed by atoms with Gasteiger partial charge in [0.1, 0.15) is 11.1 Å². The lowest BCUT2D eigenvalue weighted by atomic mass is 10.1. The van der Waals surface area contributed by atoms with Gasteiger partial charge < -0.3 is 5.32 Å². The van der Waals surface area contributed by atoms with Crippen LogP contribution in [0.4, 0.5) is 4.39 Å². The molecule has 29 heavy (non-hydrogen) atoms. The van der Waals surface area contributed by atoms with E-state index in [1.807, 2.05) is 30.3 Å². The number of pyridine rings is 1. The van der Waals surface area contributed by atoms with Crippen LogP contribution in [0.2, 0.25) is 0 Å². The van der Waals surface area contributed by atoms with E-state index < -0.39 is 20.9 Å². The van der Waals surface area contributed by atoms with Crippen molar-refractivity contribution in [3.8, 4) is 0 Å². The molecule has 0 aliphatic carbocycles. The fourth-order valence-electron chi connectivity index (χ4n) is 2.96. The Hall–Kier alpha value is -3.06. The summed E-state index contributed by atoms with van der Waals surface area (Å²) < 4.78 is 39.5. The highest BCUT2D eigenvalue weighted by Crippen LogP contribution is 2.28. The molecule has 0 unspecified atom stereocenters. The van der Waals surface area contributed by atoms with Crippen molar-refractivity contribution in [2.75, 3.05) is 6.54 Å². The summed E-state index contributed by atoms with van der Waals surface area (Å²) in [5.41, 5.74) is 1.49. The Labute approximate surface area is 169 Å². The molecule has 0 saturated carbocycles. The summed E-state index contributed by atoms with van der Waals surface area (Å²) in [5.74, 6) is -0.756. The van der Waals surface area contributed by atoms with E-state index in [-0.39, 0.29) is 23.8 Å². The summed E-state index contributed by atoms with van der Waals surface area (Å²) in [6.07, 6.45) is 3.82. The molecule has 0 bridgehead atoms. The predicted octanol–water partition coefficient (Wildman–Crippen LogP) is 3.48. The van der Waals surface area contributed by atoms with Crippen molar-refractivity contribution in [3.63, 3.8) is 0 Å². The predicted molar refractivity (Wildman–Crippen MR) is 108 cm³/mol. The first-order valence-electron chi connectivity index (χ1n) is 9.17. The van der Waals surface area contributed by atoms with Gasteiger partial charge >= 0.3 is 0 Å². The molecule has 7 heteroatoms. The van der Waals surface area contributed by atoms with Gasteiger partial charge in [-0.15, -0.1) is 0 Å². The first-order valence-corrected chi connectivity index (χ1v) is 10.7. The van der Waals surface area contributed by atoms with Crippen molar-refractivity contribution in [1.82, 2.24) is 10.3 Å². The molecule has 3 rings (SSSR count). The lowest BCUT2D eigenvalue weighted by Gasteiger charge is -2.19. The van der Waals surface area contributed by atoms with Gasteiger partial charge in [-0.3, -0.25) is 9.78 Å². The highest BCUT2D eigenvalue weighted by Gasteiger charge is 2.29. The molecule has 0 aliphatic heterocycles. The summed E-state index contributed by atoms with van der Waals surface area (Å²) in [5, 5.41) is 1.69. The Balaban J connectivity index is 1.74. The van der Waals surface area contributed by atoms with Crippen LogP contribution in [-0.4, -0.2) is 25.9 Å². The van der Waals surface area contributed by atoms with E-state index in [9.17, 15) is 17.6 Å². The number of carbonyl (C=O) groups excluding carboxylic acids is 1. The highest BCUT2D eigenvalue weighted by atomic mass is 32.2. The van der Waals surface area contributed by atoms with Crippen molar-refractivity contribution in [2.24, 2.45) is 0 Å². The third-order valence-electron chi connectivity index (χ3n) is 4.54. The maximum absolute atomic E-state index is 13.2. The fraction of sp³-hybridized carbons (Fsp3) is 0.182. The minimum absolute atomic E-state index is 0.00807. The van der Waals surface area contributed by atoms with E-state index in [0.29, 0.717) is 12.0 Å². The third kappa shape index (κ3) is 5.48. The number of hydrogen-bond donors (Lipinski definition) is 1. The summed E-state index contributed by atoms with van der Waals surface area (Å²) in [4.78, 5) is 16.3. The summed E-state index contributed by atoms with van der Waals surface area (Å²) in [6, 6.07) is 17.5. The standard InChI is InChI=1S/C22H21FN2O3S/c23-19-9-11-20(12-10-19)29(27,28)21(18-7-4-14-24-15-18)16-25-22(26)13-8-17-5-2-1-3-6-17/h1-7,9-12,14-15,21H,8,13,16H2,(H,25,26)/t21-/m0/s1. The molecule has 1 N–H and O–H groups in total. The zero-order valence-corrected chi connectivity index (χ0v) is 16.5. The van der Waals surface area contributed by atoms with Gasteiger partial charge in [0.25, 0.3) is 0 Å². The number of amides is 1. The third-order valence-corrected chi connectivity index (χ3v) is 6.66. The first kappa shape index (κ1) is 20.7. The molecule has 0 aliphatic rings. The number of hydrogen-bond acceptors (Lipinski definition) is 4. The Morgan fingerprint density at radius 3 is 2.38 bits per heavy atom. The van der Waals surface area contributed by atoms with Crippen LogP contribution < -0.4 is 5.32 Å². The average Bonchev–Trinajstić information content (AvgIpc) is 2.74. The number of rotatable bonds is 8. The van der Waals surface area contributed by atoms with Crippen LogP contribution in [0.5, 0.6) is 0 Å². The average molecular weight is 412 g/mol. The monoisotopic (exact) mass is 412 g/mol. The lowest BCUT2D eigenvalue weighted by molar-refractivity contribution is -0.121. The molecule has 0 saturated heterocycles. The maximum Gasteiger partial charge on any atom is 0.220 e. The molecule has 1 aromatic heterocycles. The van der Waals surface area contributed by atoms with Crippen LogP contribution in [0.15, 0.2) is 84.0 Å². The molecular weight excluding hydrogens is 391 g/mol. The van der Waals surface area contributed by atoms with Gasteiger partial charge in [-0.1, -0.05) is 36.4 Å². The molecule has 2 aromatic carbocycles. The molecule has 0 fully saturated rings. The number of nitrogens with one attached hydrogen (secondary N) is 1. The number of carbonyl (C=O) groups is 1. The number of aromatic nitrogens is 1. The van der Waals surface area contributed by atoms with Crippen LogP contribution in [0.3, 0.4) is 0 Å². The molecule has 1 amide bonds. The van der Waals surface area contributed by atoms with Gasteiger partial charge in [0, 0.05) is 25.4 Å². The van der Waals surface area contributed by atoms with Crippen LogP contribution in [0, 0.1) is 5.82 Å². The van der Waals surface area contributed by atoms with Gasteiger partial charge in [0.15, 0.2) is 9.84 Å².